The zero-order valence-electron chi connectivity index (χ0n) is 11.7. The SMILES string of the molecule is Cc1ccc(C(CN)N(C)CC2CCCO2)cc1Br. The molecule has 19 heavy (non-hydrogen) atoms. The molecule has 0 bridgehead atoms. The molecule has 2 unspecified atom stereocenters. The fraction of sp³-hybridized carbons (Fsp3) is 0.600. The maximum absolute atomic E-state index is 5.97. The third-order valence-electron chi connectivity index (χ3n) is 3.85. The molecule has 106 valence electrons. The van der Waals surface area contributed by atoms with Gasteiger partial charge in [0.25, 0.3) is 0 Å². The molecule has 1 aliphatic heterocycles. The third-order valence-corrected chi connectivity index (χ3v) is 4.71. The van der Waals surface area contributed by atoms with Crippen molar-refractivity contribution in [3.05, 3.63) is 33.8 Å². The predicted molar refractivity (Wildman–Crippen MR) is 82.3 cm³/mol. The molecule has 0 amide bonds. The Labute approximate surface area is 124 Å². The Kier molecular flexibility index (Phi) is 5.39. The van der Waals surface area contributed by atoms with E-state index in [0.717, 1.165) is 17.6 Å². The van der Waals surface area contributed by atoms with E-state index in [2.05, 4.69) is 53.0 Å². The van der Waals surface area contributed by atoms with Crippen LogP contribution in [0.2, 0.25) is 0 Å². The molecular weight excluding hydrogens is 304 g/mol. The minimum absolute atomic E-state index is 0.251. The molecule has 1 aliphatic rings. The molecule has 0 spiro atoms. The summed E-state index contributed by atoms with van der Waals surface area (Å²) in [7, 11) is 2.13. The van der Waals surface area contributed by atoms with Crippen molar-refractivity contribution in [3.63, 3.8) is 0 Å². The Bertz CT molecular complexity index is 419. The first-order valence-electron chi connectivity index (χ1n) is 6.89. The van der Waals surface area contributed by atoms with Crippen LogP contribution in [0.25, 0.3) is 0 Å². The van der Waals surface area contributed by atoms with Crippen LogP contribution in [0.3, 0.4) is 0 Å². The molecule has 1 aromatic rings. The van der Waals surface area contributed by atoms with Gasteiger partial charge < -0.3 is 10.5 Å². The van der Waals surface area contributed by atoms with Crippen molar-refractivity contribution in [2.75, 3.05) is 26.7 Å². The monoisotopic (exact) mass is 326 g/mol. The minimum Gasteiger partial charge on any atom is -0.377 e. The van der Waals surface area contributed by atoms with E-state index in [-0.39, 0.29) is 6.04 Å². The predicted octanol–water partition coefficient (Wildman–Crippen LogP) is 2.87. The van der Waals surface area contributed by atoms with Gasteiger partial charge in [0.05, 0.1) is 6.10 Å². The van der Waals surface area contributed by atoms with E-state index >= 15 is 0 Å². The zero-order valence-corrected chi connectivity index (χ0v) is 13.3. The van der Waals surface area contributed by atoms with Gasteiger partial charge in [0.2, 0.25) is 0 Å². The van der Waals surface area contributed by atoms with Gasteiger partial charge in [-0.25, -0.2) is 0 Å². The highest BCUT2D eigenvalue weighted by atomic mass is 79.9. The molecule has 0 aromatic heterocycles. The Hall–Kier alpha value is -0.420. The van der Waals surface area contributed by atoms with Crippen LogP contribution in [-0.2, 0) is 4.74 Å². The quantitative estimate of drug-likeness (QED) is 0.904. The van der Waals surface area contributed by atoms with E-state index in [1.807, 2.05) is 0 Å². The lowest BCUT2D eigenvalue weighted by molar-refractivity contribution is 0.0689. The summed E-state index contributed by atoms with van der Waals surface area (Å²) in [5, 5.41) is 0. The maximum Gasteiger partial charge on any atom is 0.0702 e. The van der Waals surface area contributed by atoms with Crippen LogP contribution in [0.5, 0.6) is 0 Å². The molecule has 0 aliphatic carbocycles. The lowest BCUT2D eigenvalue weighted by Crippen LogP contribution is -2.36. The first-order valence-corrected chi connectivity index (χ1v) is 7.69. The summed E-state index contributed by atoms with van der Waals surface area (Å²) >= 11 is 3.60. The smallest absolute Gasteiger partial charge is 0.0702 e. The van der Waals surface area contributed by atoms with Crippen LogP contribution in [0.15, 0.2) is 22.7 Å². The van der Waals surface area contributed by atoms with Crippen LogP contribution >= 0.6 is 15.9 Å². The van der Waals surface area contributed by atoms with Crippen molar-refractivity contribution in [1.29, 1.82) is 0 Å². The number of nitrogens with zero attached hydrogens (tertiary/aromatic N) is 1. The number of halogens is 1. The van der Waals surface area contributed by atoms with Crippen LogP contribution < -0.4 is 5.73 Å². The van der Waals surface area contributed by atoms with Gasteiger partial charge >= 0.3 is 0 Å². The van der Waals surface area contributed by atoms with Gasteiger partial charge in [0, 0.05) is 30.2 Å². The zero-order chi connectivity index (χ0) is 13.8. The lowest BCUT2D eigenvalue weighted by atomic mass is 10.0. The maximum atomic E-state index is 5.97. The fourth-order valence-corrected chi connectivity index (χ4v) is 3.02. The Morgan fingerprint density at radius 2 is 2.32 bits per heavy atom. The second-order valence-corrected chi connectivity index (χ2v) is 6.19. The number of hydrogen-bond donors (Lipinski definition) is 1. The van der Waals surface area contributed by atoms with Gasteiger partial charge in [-0.2, -0.15) is 0 Å². The van der Waals surface area contributed by atoms with E-state index < -0.39 is 0 Å². The molecule has 2 rings (SSSR count). The van der Waals surface area contributed by atoms with E-state index in [1.165, 1.54) is 24.0 Å². The molecule has 3 nitrogen and oxygen atoms in total. The highest BCUT2D eigenvalue weighted by Gasteiger charge is 2.22. The number of benzene rings is 1. The molecule has 1 saturated heterocycles. The highest BCUT2D eigenvalue weighted by molar-refractivity contribution is 9.10. The van der Waals surface area contributed by atoms with Crippen LogP contribution in [0, 0.1) is 6.92 Å². The van der Waals surface area contributed by atoms with Crippen molar-refractivity contribution in [1.82, 2.24) is 4.90 Å². The molecule has 0 saturated carbocycles. The number of nitrogens with two attached hydrogens (primary N) is 1. The van der Waals surface area contributed by atoms with Gasteiger partial charge in [-0.3, -0.25) is 4.90 Å². The van der Waals surface area contributed by atoms with E-state index in [4.69, 9.17) is 10.5 Å². The molecular formula is C15H23BrN2O. The number of hydrogen-bond acceptors (Lipinski definition) is 3. The lowest BCUT2D eigenvalue weighted by Gasteiger charge is -2.29. The van der Waals surface area contributed by atoms with Crippen molar-refractivity contribution in [2.45, 2.75) is 31.9 Å². The second-order valence-electron chi connectivity index (χ2n) is 5.33. The molecule has 1 fully saturated rings. The molecule has 1 aromatic carbocycles. The number of ether oxygens (including phenoxy) is 1. The van der Waals surface area contributed by atoms with Gasteiger partial charge in [-0.05, 0) is 44.0 Å². The average molecular weight is 327 g/mol. The topological polar surface area (TPSA) is 38.5 Å². The third kappa shape index (κ3) is 3.78. The van der Waals surface area contributed by atoms with Gasteiger partial charge in [0.15, 0.2) is 0 Å². The van der Waals surface area contributed by atoms with E-state index in [0.29, 0.717) is 12.6 Å². The summed E-state index contributed by atoms with van der Waals surface area (Å²) in [4.78, 5) is 2.31. The van der Waals surface area contributed by atoms with Crippen LogP contribution in [0.4, 0.5) is 0 Å². The fourth-order valence-electron chi connectivity index (χ4n) is 2.62. The van der Waals surface area contributed by atoms with Gasteiger partial charge in [-0.1, -0.05) is 28.1 Å². The Morgan fingerprint density at radius 1 is 1.53 bits per heavy atom. The standard InChI is InChI=1S/C15H23BrN2O/c1-11-5-6-12(8-14(11)16)15(9-17)18(2)10-13-4-3-7-19-13/h5-6,8,13,15H,3-4,7,9-10,17H2,1-2H3. The summed E-state index contributed by atoms with van der Waals surface area (Å²) in [6.07, 6.45) is 2.72. The summed E-state index contributed by atoms with van der Waals surface area (Å²) in [5.41, 5.74) is 8.49. The van der Waals surface area contributed by atoms with Crippen LogP contribution in [0.1, 0.15) is 30.0 Å². The van der Waals surface area contributed by atoms with Crippen molar-refractivity contribution < 1.29 is 4.74 Å². The number of rotatable bonds is 5. The van der Waals surface area contributed by atoms with Gasteiger partial charge in [0.1, 0.15) is 0 Å². The first kappa shape index (κ1) is 15.0. The Morgan fingerprint density at radius 3 is 2.89 bits per heavy atom. The molecule has 0 radical (unpaired) electrons. The molecule has 1 heterocycles. The second kappa shape index (κ2) is 6.84. The normalized spacial score (nSPS) is 21.0. The van der Waals surface area contributed by atoms with Crippen LogP contribution in [-0.4, -0.2) is 37.7 Å². The minimum atomic E-state index is 0.251. The summed E-state index contributed by atoms with van der Waals surface area (Å²) in [6.45, 7) is 4.58. The number of aryl methyl sites for hydroxylation is 1. The Balaban J connectivity index is 2.06. The van der Waals surface area contributed by atoms with Crippen molar-refractivity contribution >= 4 is 15.9 Å². The van der Waals surface area contributed by atoms with Crippen molar-refractivity contribution in [2.24, 2.45) is 5.73 Å². The molecule has 2 N–H and O–H groups in total. The van der Waals surface area contributed by atoms with E-state index in [1.54, 1.807) is 0 Å². The van der Waals surface area contributed by atoms with Crippen molar-refractivity contribution in [3.8, 4) is 0 Å². The molecule has 2 atom stereocenters. The summed E-state index contributed by atoms with van der Waals surface area (Å²) < 4.78 is 6.85. The summed E-state index contributed by atoms with van der Waals surface area (Å²) in [6, 6.07) is 6.74. The van der Waals surface area contributed by atoms with E-state index in [9.17, 15) is 0 Å². The number of likely N-dealkylation sites (N-methyl/N-ethyl adjacent to an activating group) is 1. The largest absolute Gasteiger partial charge is 0.377 e. The molecule has 4 heteroatoms. The highest BCUT2D eigenvalue weighted by Crippen LogP contribution is 2.25. The first-order chi connectivity index (χ1) is 9.11. The van der Waals surface area contributed by atoms with Gasteiger partial charge in [-0.15, -0.1) is 0 Å². The summed E-state index contributed by atoms with van der Waals surface area (Å²) in [5.74, 6) is 0. The average Bonchev–Trinajstić information content (AvgIpc) is 2.87.